The van der Waals surface area contributed by atoms with E-state index >= 15 is 0 Å². The molecule has 0 aromatic carbocycles. The smallest absolute Gasteiger partial charge is 0.148 e. The van der Waals surface area contributed by atoms with Crippen LogP contribution in [0.15, 0.2) is 0 Å². The van der Waals surface area contributed by atoms with Crippen LogP contribution in [0.1, 0.15) is 26.7 Å². The first-order valence-corrected chi connectivity index (χ1v) is 7.00. The van der Waals surface area contributed by atoms with Gasteiger partial charge in [-0.25, -0.2) is 8.42 Å². The second-order valence-electron chi connectivity index (χ2n) is 3.74. The monoisotopic (exact) mass is 223 g/mol. The van der Waals surface area contributed by atoms with Crippen molar-refractivity contribution in [3.8, 4) is 0 Å². The highest BCUT2D eigenvalue weighted by molar-refractivity contribution is 7.90. The quantitative estimate of drug-likeness (QED) is 0.604. The number of nitrogens with one attached hydrogen (secondary N) is 1. The third kappa shape index (κ3) is 6.34. The van der Waals surface area contributed by atoms with E-state index in [0.29, 0.717) is 25.9 Å². The van der Waals surface area contributed by atoms with Gasteiger partial charge in [0.2, 0.25) is 0 Å². The molecule has 0 unspecified atom stereocenters. The van der Waals surface area contributed by atoms with Crippen molar-refractivity contribution in [2.45, 2.75) is 32.3 Å². The van der Waals surface area contributed by atoms with Crippen molar-refractivity contribution in [1.82, 2.24) is 5.32 Å². The fourth-order valence-electron chi connectivity index (χ4n) is 1.08. The standard InChI is InChI=1S/C9H21NO3S/c1-4-9(11,5-2)8-10-6-7-14(3,12)13/h10-11H,4-8H2,1-3H3. The molecule has 0 radical (unpaired) electrons. The average molecular weight is 223 g/mol. The second-order valence-corrected chi connectivity index (χ2v) is 6.00. The summed E-state index contributed by atoms with van der Waals surface area (Å²) in [5, 5.41) is 12.8. The summed E-state index contributed by atoms with van der Waals surface area (Å²) in [5.41, 5.74) is -0.697. The molecule has 0 spiro atoms. The molecule has 4 nitrogen and oxygen atoms in total. The summed E-state index contributed by atoms with van der Waals surface area (Å²) >= 11 is 0. The van der Waals surface area contributed by atoms with Crippen LogP contribution in [0.5, 0.6) is 0 Å². The zero-order chi connectivity index (χ0) is 11.2. The maximum atomic E-state index is 10.8. The third-order valence-electron chi connectivity index (χ3n) is 2.42. The van der Waals surface area contributed by atoms with Crippen LogP contribution in [-0.4, -0.2) is 44.2 Å². The van der Waals surface area contributed by atoms with Crippen molar-refractivity contribution < 1.29 is 13.5 Å². The molecule has 86 valence electrons. The Morgan fingerprint density at radius 3 is 2.14 bits per heavy atom. The summed E-state index contributed by atoms with van der Waals surface area (Å²) in [6, 6.07) is 0. The summed E-state index contributed by atoms with van der Waals surface area (Å²) in [5.74, 6) is 0.122. The molecule has 0 aliphatic heterocycles. The molecule has 0 atom stereocenters. The minimum absolute atomic E-state index is 0.122. The van der Waals surface area contributed by atoms with Crippen molar-refractivity contribution in [2.24, 2.45) is 0 Å². The minimum atomic E-state index is -2.90. The van der Waals surface area contributed by atoms with Crippen molar-refractivity contribution >= 4 is 9.84 Å². The lowest BCUT2D eigenvalue weighted by molar-refractivity contribution is 0.0332. The lowest BCUT2D eigenvalue weighted by Crippen LogP contribution is -2.40. The molecule has 0 bridgehead atoms. The largest absolute Gasteiger partial charge is 0.389 e. The van der Waals surface area contributed by atoms with Gasteiger partial charge < -0.3 is 10.4 Å². The molecule has 2 N–H and O–H groups in total. The Bertz CT molecular complexity index is 245. The molecule has 0 saturated heterocycles. The molecule has 0 saturated carbocycles. The molecule has 0 aliphatic carbocycles. The highest BCUT2D eigenvalue weighted by Gasteiger charge is 2.21. The fourth-order valence-corrected chi connectivity index (χ4v) is 1.59. The predicted molar refractivity (Wildman–Crippen MR) is 58.1 cm³/mol. The van der Waals surface area contributed by atoms with E-state index in [1.165, 1.54) is 6.26 Å². The summed E-state index contributed by atoms with van der Waals surface area (Å²) < 4.78 is 21.6. The first-order valence-electron chi connectivity index (χ1n) is 4.94. The van der Waals surface area contributed by atoms with Crippen molar-refractivity contribution in [3.05, 3.63) is 0 Å². The van der Waals surface area contributed by atoms with Gasteiger partial charge in [0.25, 0.3) is 0 Å². The number of sulfone groups is 1. The molecule has 0 aromatic rings. The van der Waals surface area contributed by atoms with Crippen LogP contribution in [0.3, 0.4) is 0 Å². The van der Waals surface area contributed by atoms with Crippen molar-refractivity contribution in [1.29, 1.82) is 0 Å². The first-order chi connectivity index (χ1) is 6.33. The van der Waals surface area contributed by atoms with Crippen LogP contribution in [0, 0.1) is 0 Å². The summed E-state index contributed by atoms with van der Waals surface area (Å²) in [6.07, 6.45) is 2.56. The van der Waals surface area contributed by atoms with E-state index < -0.39 is 15.4 Å². The first kappa shape index (κ1) is 13.9. The Hall–Kier alpha value is -0.130. The van der Waals surface area contributed by atoms with Crippen LogP contribution in [-0.2, 0) is 9.84 Å². The molecule has 0 aliphatic rings. The molecule has 0 heterocycles. The zero-order valence-electron chi connectivity index (χ0n) is 9.21. The fraction of sp³-hybridized carbons (Fsp3) is 1.00. The van der Waals surface area contributed by atoms with Crippen LogP contribution >= 0.6 is 0 Å². The average Bonchev–Trinajstić information content (AvgIpc) is 2.11. The van der Waals surface area contributed by atoms with Gasteiger partial charge in [0.1, 0.15) is 9.84 Å². The highest BCUT2D eigenvalue weighted by atomic mass is 32.2. The molecule has 0 rings (SSSR count). The number of hydrogen-bond acceptors (Lipinski definition) is 4. The van der Waals surface area contributed by atoms with Gasteiger partial charge in [-0.05, 0) is 12.8 Å². The predicted octanol–water partition coefficient (Wildman–Crippen LogP) is 0.172. The van der Waals surface area contributed by atoms with E-state index in [9.17, 15) is 13.5 Å². The van der Waals surface area contributed by atoms with Crippen LogP contribution in [0.4, 0.5) is 0 Å². The molecule has 0 fully saturated rings. The molecule has 0 aromatic heterocycles. The molecular formula is C9H21NO3S. The van der Waals surface area contributed by atoms with Crippen molar-refractivity contribution in [3.63, 3.8) is 0 Å². The van der Waals surface area contributed by atoms with Crippen LogP contribution in [0.25, 0.3) is 0 Å². The highest BCUT2D eigenvalue weighted by Crippen LogP contribution is 2.12. The number of aliphatic hydroxyl groups is 1. The Balaban J connectivity index is 3.74. The summed E-state index contributed by atoms with van der Waals surface area (Å²) in [7, 11) is -2.90. The SMILES string of the molecule is CCC(O)(CC)CNCCS(C)(=O)=O. The Kier molecular flexibility index (Phi) is 5.63. The van der Waals surface area contributed by atoms with E-state index in [0.717, 1.165) is 0 Å². The van der Waals surface area contributed by atoms with E-state index in [1.807, 2.05) is 13.8 Å². The Labute approximate surface area is 86.6 Å². The van der Waals surface area contributed by atoms with Crippen LogP contribution < -0.4 is 5.32 Å². The van der Waals surface area contributed by atoms with Crippen molar-refractivity contribution in [2.75, 3.05) is 25.1 Å². The maximum Gasteiger partial charge on any atom is 0.148 e. The molecule has 5 heteroatoms. The van der Waals surface area contributed by atoms with Gasteiger partial charge in [-0.2, -0.15) is 0 Å². The normalized spacial score (nSPS) is 13.1. The van der Waals surface area contributed by atoms with Gasteiger partial charge in [-0.15, -0.1) is 0 Å². The zero-order valence-corrected chi connectivity index (χ0v) is 10.0. The van der Waals surface area contributed by atoms with Gasteiger partial charge >= 0.3 is 0 Å². The second kappa shape index (κ2) is 5.68. The van der Waals surface area contributed by atoms with Gasteiger partial charge in [0, 0.05) is 19.3 Å². The summed E-state index contributed by atoms with van der Waals surface area (Å²) in [4.78, 5) is 0. The van der Waals surface area contributed by atoms with Gasteiger partial charge in [-0.1, -0.05) is 13.8 Å². The summed E-state index contributed by atoms with van der Waals surface area (Å²) in [6.45, 7) is 4.69. The number of hydrogen-bond donors (Lipinski definition) is 2. The maximum absolute atomic E-state index is 10.8. The third-order valence-corrected chi connectivity index (χ3v) is 3.37. The molecule has 14 heavy (non-hydrogen) atoms. The molecule has 0 amide bonds. The number of rotatable bonds is 7. The van der Waals surface area contributed by atoms with Gasteiger partial charge in [0.15, 0.2) is 0 Å². The van der Waals surface area contributed by atoms with Crippen LogP contribution in [0.2, 0.25) is 0 Å². The Morgan fingerprint density at radius 2 is 1.79 bits per heavy atom. The minimum Gasteiger partial charge on any atom is -0.389 e. The van der Waals surface area contributed by atoms with E-state index in [4.69, 9.17) is 0 Å². The molecular weight excluding hydrogens is 202 g/mol. The van der Waals surface area contributed by atoms with E-state index in [2.05, 4.69) is 5.32 Å². The van der Waals surface area contributed by atoms with Gasteiger partial charge in [0.05, 0.1) is 11.4 Å². The lowest BCUT2D eigenvalue weighted by atomic mass is 9.98. The van der Waals surface area contributed by atoms with E-state index in [1.54, 1.807) is 0 Å². The lowest BCUT2D eigenvalue weighted by Gasteiger charge is -2.25. The topological polar surface area (TPSA) is 66.4 Å². The van der Waals surface area contributed by atoms with Gasteiger partial charge in [-0.3, -0.25) is 0 Å². The van der Waals surface area contributed by atoms with E-state index in [-0.39, 0.29) is 5.75 Å². The Morgan fingerprint density at radius 1 is 1.29 bits per heavy atom.